The van der Waals surface area contributed by atoms with E-state index in [1.54, 1.807) is 11.0 Å². The minimum atomic E-state index is -0.00751. The molecule has 2 fully saturated rings. The van der Waals surface area contributed by atoms with Gasteiger partial charge >= 0.3 is 0 Å². The molecule has 0 aliphatic carbocycles. The lowest BCUT2D eigenvalue weighted by Gasteiger charge is -2.36. The Balaban J connectivity index is 1.55. The number of nitrogens with zero attached hydrogens (tertiary/aromatic N) is 2. The average Bonchev–Trinajstić information content (AvgIpc) is 3.03. The Kier molecular flexibility index (Phi) is 6.34. The summed E-state index contributed by atoms with van der Waals surface area (Å²) in [6.45, 7) is 11.3. The zero-order valence-corrected chi connectivity index (χ0v) is 17.5. The topological polar surface area (TPSA) is 58.8 Å². The highest BCUT2D eigenvalue weighted by molar-refractivity contribution is 6.32. The highest BCUT2D eigenvalue weighted by Crippen LogP contribution is 2.29. The Morgan fingerprint density at radius 1 is 1.22 bits per heavy atom. The van der Waals surface area contributed by atoms with E-state index >= 15 is 0 Å². The molecule has 2 saturated heterocycles. The van der Waals surface area contributed by atoms with E-state index in [4.69, 9.17) is 22.1 Å². The Hall–Kier alpha value is -1.30. The molecule has 3 rings (SSSR count). The number of hydrogen-bond donors (Lipinski definition) is 1. The van der Waals surface area contributed by atoms with Crippen LogP contribution in [-0.4, -0.2) is 60.6 Å². The second-order valence-corrected chi connectivity index (χ2v) is 9.51. The fraction of sp³-hybridized carbons (Fsp3) is 0.667. The van der Waals surface area contributed by atoms with Crippen molar-refractivity contribution in [2.75, 3.05) is 32.7 Å². The van der Waals surface area contributed by atoms with Crippen LogP contribution in [0.15, 0.2) is 18.2 Å². The standard InChI is InChI=1S/C21H32ClN3O2/c1-21(2,3)14-24-9-7-17(8-10-24)27-19-5-4-15(12-18(19)22)20(26)25-11-6-16(23)13-25/h4-5,12,16-17H,6-11,13-14,23H2,1-3H3. The van der Waals surface area contributed by atoms with Crippen molar-refractivity contribution in [3.63, 3.8) is 0 Å². The van der Waals surface area contributed by atoms with Crippen molar-refractivity contribution in [2.24, 2.45) is 11.1 Å². The molecule has 1 aromatic rings. The van der Waals surface area contributed by atoms with E-state index in [0.29, 0.717) is 34.8 Å². The predicted molar refractivity (Wildman–Crippen MR) is 109 cm³/mol. The smallest absolute Gasteiger partial charge is 0.253 e. The van der Waals surface area contributed by atoms with Crippen molar-refractivity contribution >= 4 is 17.5 Å². The van der Waals surface area contributed by atoms with Gasteiger partial charge < -0.3 is 20.3 Å². The Labute approximate surface area is 167 Å². The van der Waals surface area contributed by atoms with Gasteiger partial charge in [-0.05, 0) is 42.9 Å². The van der Waals surface area contributed by atoms with Crippen molar-refractivity contribution in [3.05, 3.63) is 28.8 Å². The molecule has 0 aromatic heterocycles. The first kappa shape index (κ1) is 20.4. The molecule has 1 aromatic carbocycles. The Morgan fingerprint density at radius 2 is 1.93 bits per heavy atom. The molecular formula is C21H32ClN3O2. The summed E-state index contributed by atoms with van der Waals surface area (Å²) in [5.41, 5.74) is 6.82. The van der Waals surface area contributed by atoms with Crippen molar-refractivity contribution in [2.45, 2.75) is 52.2 Å². The third kappa shape index (κ3) is 5.59. The molecule has 2 heterocycles. The van der Waals surface area contributed by atoms with Crippen LogP contribution in [0.2, 0.25) is 5.02 Å². The van der Waals surface area contributed by atoms with Gasteiger partial charge in [0.1, 0.15) is 11.9 Å². The second kappa shape index (κ2) is 8.38. The third-order valence-electron chi connectivity index (χ3n) is 5.22. The number of amides is 1. The third-order valence-corrected chi connectivity index (χ3v) is 5.51. The van der Waals surface area contributed by atoms with E-state index in [2.05, 4.69) is 25.7 Å². The first-order chi connectivity index (χ1) is 12.7. The lowest BCUT2D eigenvalue weighted by atomic mass is 9.94. The van der Waals surface area contributed by atoms with Crippen molar-refractivity contribution in [1.29, 1.82) is 0 Å². The second-order valence-electron chi connectivity index (χ2n) is 9.10. The van der Waals surface area contributed by atoms with Crippen LogP contribution in [0.1, 0.15) is 50.4 Å². The number of carbonyl (C=O) groups excluding carboxylic acids is 1. The van der Waals surface area contributed by atoms with Gasteiger partial charge in [0.25, 0.3) is 5.91 Å². The molecular weight excluding hydrogens is 362 g/mol. The van der Waals surface area contributed by atoms with Crippen LogP contribution in [0.25, 0.3) is 0 Å². The number of carbonyl (C=O) groups is 1. The first-order valence-electron chi connectivity index (χ1n) is 9.95. The van der Waals surface area contributed by atoms with Gasteiger partial charge in [-0.25, -0.2) is 0 Å². The zero-order valence-electron chi connectivity index (χ0n) is 16.7. The van der Waals surface area contributed by atoms with Crippen LogP contribution in [0.5, 0.6) is 5.75 Å². The van der Waals surface area contributed by atoms with Gasteiger partial charge in [-0.2, -0.15) is 0 Å². The molecule has 0 spiro atoms. The largest absolute Gasteiger partial charge is 0.489 e. The number of nitrogens with two attached hydrogens (primary N) is 1. The zero-order chi connectivity index (χ0) is 19.6. The molecule has 6 heteroatoms. The molecule has 1 atom stereocenters. The van der Waals surface area contributed by atoms with Crippen LogP contribution in [-0.2, 0) is 0 Å². The molecule has 0 saturated carbocycles. The van der Waals surface area contributed by atoms with Crippen LogP contribution in [0.3, 0.4) is 0 Å². The number of halogens is 1. The van der Waals surface area contributed by atoms with Crippen LogP contribution < -0.4 is 10.5 Å². The maximum absolute atomic E-state index is 12.6. The van der Waals surface area contributed by atoms with E-state index in [1.807, 2.05) is 12.1 Å². The molecule has 2 N–H and O–H groups in total. The average molecular weight is 394 g/mol. The lowest BCUT2D eigenvalue weighted by molar-refractivity contribution is 0.0788. The van der Waals surface area contributed by atoms with E-state index in [0.717, 1.165) is 38.9 Å². The molecule has 0 radical (unpaired) electrons. The summed E-state index contributed by atoms with van der Waals surface area (Å²) < 4.78 is 6.14. The van der Waals surface area contributed by atoms with Crippen molar-refractivity contribution < 1.29 is 9.53 Å². The minimum Gasteiger partial charge on any atom is -0.489 e. The minimum absolute atomic E-state index is 0.00751. The van der Waals surface area contributed by atoms with Gasteiger partial charge in [0.15, 0.2) is 0 Å². The summed E-state index contributed by atoms with van der Waals surface area (Å²) >= 11 is 6.41. The van der Waals surface area contributed by atoms with Crippen molar-refractivity contribution in [3.8, 4) is 5.75 Å². The fourth-order valence-electron chi connectivity index (χ4n) is 3.92. The molecule has 1 amide bonds. The number of piperidine rings is 1. The molecule has 0 bridgehead atoms. The molecule has 27 heavy (non-hydrogen) atoms. The Morgan fingerprint density at radius 3 is 2.48 bits per heavy atom. The van der Waals surface area contributed by atoms with Crippen LogP contribution in [0.4, 0.5) is 0 Å². The maximum Gasteiger partial charge on any atom is 0.253 e. The van der Waals surface area contributed by atoms with E-state index < -0.39 is 0 Å². The van der Waals surface area contributed by atoms with Gasteiger partial charge in [-0.3, -0.25) is 4.79 Å². The molecule has 2 aliphatic rings. The quantitative estimate of drug-likeness (QED) is 0.851. The monoisotopic (exact) mass is 393 g/mol. The normalized spacial score (nSPS) is 22.3. The van der Waals surface area contributed by atoms with Gasteiger partial charge in [0, 0.05) is 44.3 Å². The van der Waals surface area contributed by atoms with E-state index in [9.17, 15) is 4.79 Å². The lowest BCUT2D eigenvalue weighted by Crippen LogP contribution is -2.42. The Bertz CT molecular complexity index is 666. The summed E-state index contributed by atoms with van der Waals surface area (Å²) in [5.74, 6) is 0.660. The number of rotatable bonds is 4. The van der Waals surface area contributed by atoms with Gasteiger partial charge in [-0.15, -0.1) is 0 Å². The summed E-state index contributed by atoms with van der Waals surface area (Å²) in [4.78, 5) is 16.9. The molecule has 2 aliphatic heterocycles. The SMILES string of the molecule is CC(C)(C)CN1CCC(Oc2ccc(C(=O)N3CCC(N)C3)cc2Cl)CC1. The summed E-state index contributed by atoms with van der Waals surface area (Å²) in [6, 6.07) is 5.43. The summed E-state index contributed by atoms with van der Waals surface area (Å²) in [5, 5.41) is 0.501. The van der Waals surface area contributed by atoms with E-state index in [1.165, 1.54) is 0 Å². The maximum atomic E-state index is 12.6. The van der Waals surface area contributed by atoms with Crippen LogP contribution >= 0.6 is 11.6 Å². The first-order valence-corrected chi connectivity index (χ1v) is 10.3. The number of benzene rings is 1. The fourth-order valence-corrected chi connectivity index (χ4v) is 4.14. The van der Waals surface area contributed by atoms with Gasteiger partial charge in [-0.1, -0.05) is 32.4 Å². The van der Waals surface area contributed by atoms with E-state index in [-0.39, 0.29) is 18.1 Å². The number of likely N-dealkylation sites (tertiary alicyclic amines) is 2. The highest BCUT2D eigenvalue weighted by Gasteiger charge is 2.26. The number of hydrogen-bond acceptors (Lipinski definition) is 4. The molecule has 150 valence electrons. The molecule has 1 unspecified atom stereocenters. The molecule has 5 nitrogen and oxygen atoms in total. The van der Waals surface area contributed by atoms with Gasteiger partial charge in [0.2, 0.25) is 0 Å². The summed E-state index contributed by atoms with van der Waals surface area (Å²) in [7, 11) is 0. The van der Waals surface area contributed by atoms with Crippen molar-refractivity contribution in [1.82, 2.24) is 9.80 Å². The number of ether oxygens (including phenoxy) is 1. The van der Waals surface area contributed by atoms with Gasteiger partial charge in [0.05, 0.1) is 5.02 Å². The van der Waals surface area contributed by atoms with Crippen LogP contribution in [0, 0.1) is 5.41 Å². The highest BCUT2D eigenvalue weighted by atomic mass is 35.5. The summed E-state index contributed by atoms with van der Waals surface area (Å²) in [6.07, 6.45) is 3.03. The predicted octanol–water partition coefficient (Wildman–Crippen LogP) is 3.40.